The van der Waals surface area contributed by atoms with E-state index in [1.54, 1.807) is 13.0 Å². The maximum atomic E-state index is 12.8. The summed E-state index contributed by atoms with van der Waals surface area (Å²) in [7, 11) is 0. The lowest BCUT2D eigenvalue weighted by Crippen LogP contribution is -2.06. The first kappa shape index (κ1) is 9.45. The molecule has 1 aromatic carbocycles. The number of benzene rings is 1. The van der Waals surface area contributed by atoms with Crippen LogP contribution in [0.5, 0.6) is 0 Å². The molecular weight excluding hydrogens is 205 g/mol. The minimum atomic E-state index is -0.619. The Bertz CT molecular complexity index is 429. The Hall–Kier alpha value is -1.11. The molecule has 2 nitrogen and oxygen atoms in total. The number of nitriles is 1. The van der Waals surface area contributed by atoms with Gasteiger partial charge in [-0.2, -0.15) is 5.26 Å². The van der Waals surface area contributed by atoms with Gasteiger partial charge in [-0.15, -0.1) is 0 Å². The summed E-state index contributed by atoms with van der Waals surface area (Å²) in [4.78, 5) is 0. The normalized spacial score (nSPS) is 29.7. The van der Waals surface area contributed by atoms with Gasteiger partial charge in [0, 0.05) is 0 Å². The zero-order valence-electron chi connectivity index (χ0n) is 7.42. The van der Waals surface area contributed by atoms with E-state index < -0.39 is 17.5 Å². The number of nitrogens with zero attached hydrogens (tertiary/aromatic N) is 1. The van der Waals surface area contributed by atoms with Crippen LogP contribution in [-0.2, 0) is 10.3 Å². The van der Waals surface area contributed by atoms with E-state index >= 15 is 0 Å². The second-order valence-corrected chi connectivity index (χ2v) is 3.77. The third-order valence-electron chi connectivity index (χ3n) is 2.42. The summed E-state index contributed by atoms with van der Waals surface area (Å²) < 4.78 is 18.0. The molecule has 2 rings (SSSR count). The fourth-order valence-electron chi connectivity index (χ4n) is 1.38. The van der Waals surface area contributed by atoms with Gasteiger partial charge >= 0.3 is 0 Å². The van der Waals surface area contributed by atoms with E-state index in [0.29, 0.717) is 0 Å². The number of halogens is 2. The molecule has 1 heterocycles. The molecule has 1 aromatic rings. The van der Waals surface area contributed by atoms with Crippen LogP contribution < -0.4 is 0 Å². The maximum absolute atomic E-state index is 12.8. The van der Waals surface area contributed by atoms with Crippen LogP contribution >= 0.6 is 11.6 Å². The lowest BCUT2D eigenvalue weighted by Gasteiger charge is -2.05. The molecule has 2 unspecified atom stereocenters. The van der Waals surface area contributed by atoms with Gasteiger partial charge in [0.25, 0.3) is 0 Å². The zero-order valence-corrected chi connectivity index (χ0v) is 8.18. The van der Waals surface area contributed by atoms with Crippen LogP contribution in [-0.4, -0.2) is 6.10 Å². The zero-order chi connectivity index (χ0) is 10.3. The first-order chi connectivity index (χ1) is 6.58. The number of hydrogen-bond donors (Lipinski definition) is 0. The second kappa shape index (κ2) is 2.94. The minimum Gasteiger partial charge on any atom is -0.345 e. The molecule has 72 valence electrons. The predicted molar refractivity (Wildman–Crippen MR) is 49.2 cm³/mol. The highest BCUT2D eigenvalue weighted by molar-refractivity contribution is 6.30. The van der Waals surface area contributed by atoms with Crippen molar-refractivity contribution >= 4 is 11.6 Å². The summed E-state index contributed by atoms with van der Waals surface area (Å²) in [6, 6.07) is 6.36. The van der Waals surface area contributed by atoms with Crippen molar-refractivity contribution in [2.24, 2.45) is 0 Å². The van der Waals surface area contributed by atoms with Crippen LogP contribution in [0.4, 0.5) is 4.39 Å². The van der Waals surface area contributed by atoms with Crippen molar-refractivity contribution in [2.45, 2.75) is 18.6 Å². The second-order valence-electron chi connectivity index (χ2n) is 3.36. The van der Waals surface area contributed by atoms with Gasteiger partial charge in [0.05, 0.1) is 11.1 Å². The fraction of sp³-hybridized carbons (Fsp3) is 0.300. The number of hydrogen-bond acceptors (Lipinski definition) is 2. The molecule has 0 radical (unpaired) electrons. The first-order valence-electron chi connectivity index (χ1n) is 4.11. The predicted octanol–water partition coefficient (Wildman–Crippen LogP) is 2.62. The van der Waals surface area contributed by atoms with E-state index in [4.69, 9.17) is 21.6 Å². The van der Waals surface area contributed by atoms with Gasteiger partial charge in [-0.1, -0.05) is 17.7 Å². The van der Waals surface area contributed by atoms with Crippen molar-refractivity contribution in [1.29, 1.82) is 5.26 Å². The van der Waals surface area contributed by atoms with Crippen molar-refractivity contribution in [3.8, 4) is 6.07 Å². The van der Waals surface area contributed by atoms with Crippen molar-refractivity contribution < 1.29 is 9.13 Å². The molecule has 2 atom stereocenters. The number of rotatable bonds is 1. The van der Waals surface area contributed by atoms with E-state index in [2.05, 4.69) is 0 Å². The highest BCUT2D eigenvalue weighted by Crippen LogP contribution is 2.46. The van der Waals surface area contributed by atoms with Gasteiger partial charge in [0.15, 0.2) is 6.10 Å². The number of epoxide rings is 1. The molecule has 0 bridgehead atoms. The Morgan fingerprint density at radius 1 is 1.64 bits per heavy atom. The third kappa shape index (κ3) is 1.28. The summed E-state index contributed by atoms with van der Waals surface area (Å²) >= 11 is 5.63. The van der Waals surface area contributed by atoms with E-state index in [-0.39, 0.29) is 5.02 Å². The summed E-state index contributed by atoms with van der Waals surface area (Å²) in [5.74, 6) is -0.465. The monoisotopic (exact) mass is 211 g/mol. The Morgan fingerprint density at radius 2 is 2.36 bits per heavy atom. The minimum absolute atomic E-state index is 0.0518. The van der Waals surface area contributed by atoms with E-state index in [1.807, 2.05) is 6.07 Å². The van der Waals surface area contributed by atoms with Gasteiger partial charge in [-0.25, -0.2) is 4.39 Å². The van der Waals surface area contributed by atoms with Crippen LogP contribution in [0.3, 0.4) is 0 Å². The van der Waals surface area contributed by atoms with Gasteiger partial charge in [0.1, 0.15) is 11.4 Å². The lowest BCUT2D eigenvalue weighted by molar-refractivity contribution is 0.321. The largest absolute Gasteiger partial charge is 0.345 e. The molecule has 0 spiro atoms. The fourth-order valence-corrected chi connectivity index (χ4v) is 1.57. The molecule has 14 heavy (non-hydrogen) atoms. The maximum Gasteiger partial charge on any atom is 0.178 e. The van der Waals surface area contributed by atoms with Gasteiger partial charge in [-0.3, -0.25) is 0 Å². The molecule has 0 aliphatic carbocycles. The average molecular weight is 212 g/mol. The SMILES string of the molecule is CC1(c2ccc(F)c(Cl)c2)OC1C#N. The molecule has 4 heteroatoms. The van der Waals surface area contributed by atoms with Crippen molar-refractivity contribution in [2.75, 3.05) is 0 Å². The first-order valence-corrected chi connectivity index (χ1v) is 4.48. The van der Waals surface area contributed by atoms with Gasteiger partial charge < -0.3 is 4.74 Å². The van der Waals surface area contributed by atoms with E-state index in [0.717, 1.165) is 5.56 Å². The molecule has 1 fully saturated rings. The molecule has 0 saturated carbocycles. The van der Waals surface area contributed by atoms with E-state index in [1.165, 1.54) is 12.1 Å². The molecular formula is C10H7ClFNO. The third-order valence-corrected chi connectivity index (χ3v) is 2.71. The Balaban J connectivity index is 2.36. The average Bonchev–Trinajstić information content (AvgIpc) is 2.83. The topological polar surface area (TPSA) is 36.3 Å². The Morgan fingerprint density at radius 3 is 2.86 bits per heavy atom. The summed E-state index contributed by atoms with van der Waals surface area (Å²) in [5.41, 5.74) is 0.113. The quantitative estimate of drug-likeness (QED) is 0.670. The molecule has 0 amide bonds. The highest BCUT2D eigenvalue weighted by Gasteiger charge is 2.54. The van der Waals surface area contributed by atoms with Gasteiger partial charge in [-0.05, 0) is 24.6 Å². The molecule has 0 aromatic heterocycles. The summed E-state index contributed by atoms with van der Waals surface area (Å²) in [6.07, 6.45) is -0.455. The standard InChI is InChI=1S/C10H7ClFNO/c1-10(9(5-13)14-10)6-2-3-8(12)7(11)4-6/h2-4,9H,1H3. The van der Waals surface area contributed by atoms with Crippen LogP contribution in [0.15, 0.2) is 18.2 Å². The van der Waals surface area contributed by atoms with Crippen LogP contribution in [0, 0.1) is 17.1 Å². The highest BCUT2D eigenvalue weighted by atomic mass is 35.5. The summed E-state index contributed by atoms with van der Waals surface area (Å²) in [5, 5.41) is 8.70. The lowest BCUT2D eigenvalue weighted by atomic mass is 9.98. The Kier molecular flexibility index (Phi) is 1.99. The molecule has 1 saturated heterocycles. The van der Waals surface area contributed by atoms with Crippen LogP contribution in [0.25, 0.3) is 0 Å². The summed E-state index contributed by atoms with van der Waals surface area (Å²) in [6.45, 7) is 1.78. The van der Waals surface area contributed by atoms with Crippen molar-refractivity contribution in [3.63, 3.8) is 0 Å². The van der Waals surface area contributed by atoms with Crippen LogP contribution in [0.2, 0.25) is 5.02 Å². The smallest absolute Gasteiger partial charge is 0.178 e. The Labute approximate surface area is 85.9 Å². The van der Waals surface area contributed by atoms with E-state index in [9.17, 15) is 4.39 Å². The van der Waals surface area contributed by atoms with Crippen molar-refractivity contribution in [1.82, 2.24) is 0 Å². The van der Waals surface area contributed by atoms with Gasteiger partial charge in [0.2, 0.25) is 0 Å². The molecule has 1 aliphatic heterocycles. The number of ether oxygens (including phenoxy) is 1. The molecule has 0 N–H and O–H groups in total. The van der Waals surface area contributed by atoms with Crippen molar-refractivity contribution in [3.05, 3.63) is 34.6 Å². The van der Waals surface area contributed by atoms with Crippen LogP contribution in [0.1, 0.15) is 12.5 Å². The molecule has 1 aliphatic rings.